The molecule has 1 N–H and O–H groups in total. The number of carboxylic acid groups (broad SMARTS) is 1. The molecule has 22 heavy (non-hydrogen) atoms. The molecule has 1 spiro atoms. The van der Waals surface area contributed by atoms with Crippen LogP contribution in [0.2, 0.25) is 0 Å². The summed E-state index contributed by atoms with van der Waals surface area (Å²) in [7, 11) is 2.11. The lowest BCUT2D eigenvalue weighted by atomic mass is 9.63. The summed E-state index contributed by atoms with van der Waals surface area (Å²) in [5, 5.41) is 10.6. The third-order valence-corrected chi connectivity index (χ3v) is 5.98. The smallest absolute Gasteiger partial charge is 0.335 e. The highest BCUT2D eigenvalue weighted by atomic mass is 16.4. The Kier molecular flexibility index (Phi) is 3.07. The van der Waals surface area contributed by atoms with Crippen molar-refractivity contribution >= 4 is 16.9 Å². The number of carbonyl (C=O) groups is 1. The third kappa shape index (κ3) is 1.84. The van der Waals surface area contributed by atoms with Crippen LogP contribution in [0.15, 0.2) is 18.2 Å². The molecule has 0 saturated heterocycles. The normalized spacial score (nSPS) is 20.2. The third-order valence-electron chi connectivity index (χ3n) is 5.98. The molecule has 1 aromatic heterocycles. The topological polar surface area (TPSA) is 42.2 Å². The van der Waals surface area contributed by atoms with Crippen molar-refractivity contribution in [2.45, 2.75) is 56.8 Å². The number of aromatic nitrogens is 1. The highest BCUT2D eigenvalue weighted by Crippen LogP contribution is 2.50. The molecular weight excluding hydrogens is 274 g/mol. The Hall–Kier alpha value is -1.77. The molecule has 1 fully saturated rings. The Balaban J connectivity index is 1.98. The predicted molar refractivity (Wildman–Crippen MR) is 87.6 cm³/mol. The van der Waals surface area contributed by atoms with Crippen LogP contribution in [0.3, 0.4) is 0 Å². The Morgan fingerprint density at radius 1 is 1.14 bits per heavy atom. The van der Waals surface area contributed by atoms with Crippen LogP contribution in [-0.2, 0) is 18.9 Å². The monoisotopic (exact) mass is 297 g/mol. The average molecular weight is 297 g/mol. The molecule has 4 rings (SSSR count). The summed E-state index contributed by atoms with van der Waals surface area (Å²) in [6.45, 7) is 0. The van der Waals surface area contributed by atoms with E-state index >= 15 is 0 Å². The van der Waals surface area contributed by atoms with E-state index in [1.807, 2.05) is 6.07 Å². The summed E-state index contributed by atoms with van der Waals surface area (Å²) in [6, 6.07) is 5.68. The highest BCUT2D eigenvalue weighted by molar-refractivity contribution is 5.95. The van der Waals surface area contributed by atoms with Crippen molar-refractivity contribution in [1.29, 1.82) is 0 Å². The van der Waals surface area contributed by atoms with Gasteiger partial charge in [0, 0.05) is 23.6 Å². The molecule has 3 heteroatoms. The van der Waals surface area contributed by atoms with E-state index in [1.165, 1.54) is 56.0 Å². The Morgan fingerprint density at radius 3 is 2.59 bits per heavy atom. The van der Waals surface area contributed by atoms with Crippen molar-refractivity contribution in [3.63, 3.8) is 0 Å². The summed E-state index contributed by atoms with van der Waals surface area (Å²) in [4.78, 5) is 11.3. The van der Waals surface area contributed by atoms with E-state index in [0.29, 0.717) is 11.0 Å². The molecule has 0 atom stereocenters. The average Bonchev–Trinajstić information content (AvgIpc) is 2.82. The number of rotatable bonds is 1. The van der Waals surface area contributed by atoms with E-state index in [2.05, 4.69) is 17.7 Å². The van der Waals surface area contributed by atoms with Gasteiger partial charge < -0.3 is 9.67 Å². The number of benzene rings is 1. The van der Waals surface area contributed by atoms with Gasteiger partial charge in [-0.1, -0.05) is 25.3 Å². The minimum Gasteiger partial charge on any atom is -0.478 e. The summed E-state index contributed by atoms with van der Waals surface area (Å²) >= 11 is 0. The van der Waals surface area contributed by atoms with Crippen molar-refractivity contribution in [3.05, 3.63) is 35.0 Å². The van der Waals surface area contributed by atoms with Gasteiger partial charge >= 0.3 is 5.97 Å². The number of aryl methyl sites for hydroxylation is 1. The molecular formula is C19H23NO2. The zero-order chi connectivity index (χ0) is 15.3. The molecule has 2 aliphatic rings. The lowest BCUT2D eigenvalue weighted by Gasteiger charge is -2.41. The molecule has 0 unspecified atom stereocenters. The summed E-state index contributed by atoms with van der Waals surface area (Å²) in [6.07, 6.45) is 10.4. The Bertz CT molecular complexity index is 750. The van der Waals surface area contributed by atoms with Gasteiger partial charge in [0.2, 0.25) is 0 Å². The summed E-state index contributed by atoms with van der Waals surface area (Å²) in [5.74, 6) is -0.839. The maximum atomic E-state index is 11.3. The fraction of sp³-hybridized carbons (Fsp3) is 0.526. The van der Waals surface area contributed by atoms with Gasteiger partial charge in [0.1, 0.15) is 0 Å². The molecule has 2 aliphatic carbocycles. The first-order valence-electron chi connectivity index (χ1n) is 8.47. The number of carboxylic acids is 1. The lowest BCUT2D eigenvalue weighted by molar-refractivity contribution is 0.0697. The van der Waals surface area contributed by atoms with Crippen molar-refractivity contribution in [2.24, 2.45) is 7.05 Å². The van der Waals surface area contributed by atoms with Gasteiger partial charge in [-0.15, -0.1) is 0 Å². The van der Waals surface area contributed by atoms with Crippen LogP contribution in [0, 0.1) is 0 Å². The van der Waals surface area contributed by atoms with Gasteiger partial charge in [-0.05, 0) is 55.2 Å². The summed E-state index contributed by atoms with van der Waals surface area (Å²) < 4.78 is 2.26. The Labute approximate surface area is 130 Å². The zero-order valence-electron chi connectivity index (χ0n) is 13.2. The highest BCUT2D eigenvalue weighted by Gasteiger charge is 2.40. The molecule has 0 aliphatic heterocycles. The lowest BCUT2D eigenvalue weighted by Crippen LogP contribution is -2.33. The number of hydrogen-bond donors (Lipinski definition) is 1. The minimum absolute atomic E-state index is 0.357. The van der Waals surface area contributed by atoms with E-state index in [9.17, 15) is 9.90 Å². The SMILES string of the molecule is Cn1c2c(c3ccc(C(=O)O)cc31)C1(CCCCC1)CCC2. The van der Waals surface area contributed by atoms with Gasteiger partial charge in [-0.2, -0.15) is 0 Å². The second-order valence-corrected chi connectivity index (χ2v) is 7.11. The molecule has 1 saturated carbocycles. The van der Waals surface area contributed by atoms with E-state index < -0.39 is 5.97 Å². The number of nitrogens with zero attached hydrogens (tertiary/aromatic N) is 1. The first-order chi connectivity index (χ1) is 10.6. The van der Waals surface area contributed by atoms with Crippen molar-refractivity contribution in [2.75, 3.05) is 0 Å². The van der Waals surface area contributed by atoms with Gasteiger partial charge in [0.05, 0.1) is 5.56 Å². The van der Waals surface area contributed by atoms with Gasteiger partial charge in [-0.3, -0.25) is 0 Å². The van der Waals surface area contributed by atoms with Crippen molar-refractivity contribution in [3.8, 4) is 0 Å². The van der Waals surface area contributed by atoms with Crippen LogP contribution < -0.4 is 0 Å². The molecule has 0 amide bonds. The molecule has 0 radical (unpaired) electrons. The number of aromatic carboxylic acids is 1. The van der Waals surface area contributed by atoms with E-state index in [-0.39, 0.29) is 0 Å². The number of hydrogen-bond acceptors (Lipinski definition) is 1. The largest absolute Gasteiger partial charge is 0.478 e. The zero-order valence-corrected chi connectivity index (χ0v) is 13.2. The fourth-order valence-corrected chi connectivity index (χ4v) is 4.95. The minimum atomic E-state index is -0.839. The second-order valence-electron chi connectivity index (χ2n) is 7.11. The molecule has 1 aromatic carbocycles. The molecule has 2 aromatic rings. The standard InChI is InChI=1S/C19H23NO2/c1-20-15-6-5-11-19(9-3-2-4-10-19)17(15)14-8-7-13(18(21)22)12-16(14)20/h7-8,12H,2-6,9-11H2,1H3,(H,21,22). The van der Waals surface area contributed by atoms with E-state index in [4.69, 9.17) is 0 Å². The quantitative estimate of drug-likeness (QED) is 0.847. The molecule has 0 bridgehead atoms. The van der Waals surface area contributed by atoms with Gasteiger partial charge in [0.25, 0.3) is 0 Å². The van der Waals surface area contributed by atoms with E-state index in [0.717, 1.165) is 11.9 Å². The first-order valence-corrected chi connectivity index (χ1v) is 8.47. The summed E-state index contributed by atoms with van der Waals surface area (Å²) in [5.41, 5.74) is 4.84. The van der Waals surface area contributed by atoms with Crippen LogP contribution in [0.1, 0.15) is 66.6 Å². The molecule has 3 nitrogen and oxygen atoms in total. The van der Waals surface area contributed by atoms with Crippen LogP contribution in [0.5, 0.6) is 0 Å². The van der Waals surface area contributed by atoms with Gasteiger partial charge in [0.15, 0.2) is 0 Å². The Morgan fingerprint density at radius 2 is 1.86 bits per heavy atom. The predicted octanol–water partition coefficient (Wildman–Crippen LogP) is 4.41. The van der Waals surface area contributed by atoms with Crippen molar-refractivity contribution < 1.29 is 9.90 Å². The van der Waals surface area contributed by atoms with Crippen LogP contribution in [0.4, 0.5) is 0 Å². The number of fused-ring (bicyclic) bond motifs is 4. The van der Waals surface area contributed by atoms with E-state index in [1.54, 1.807) is 11.6 Å². The maximum Gasteiger partial charge on any atom is 0.335 e. The van der Waals surface area contributed by atoms with Crippen LogP contribution in [0.25, 0.3) is 10.9 Å². The fourth-order valence-electron chi connectivity index (χ4n) is 4.95. The molecule has 116 valence electrons. The van der Waals surface area contributed by atoms with Crippen LogP contribution >= 0.6 is 0 Å². The van der Waals surface area contributed by atoms with Crippen molar-refractivity contribution in [1.82, 2.24) is 4.57 Å². The van der Waals surface area contributed by atoms with Gasteiger partial charge in [-0.25, -0.2) is 4.79 Å². The van der Waals surface area contributed by atoms with Crippen LogP contribution in [-0.4, -0.2) is 15.6 Å². The first kappa shape index (κ1) is 13.9. The molecule has 1 heterocycles. The second kappa shape index (κ2) is 4.87. The maximum absolute atomic E-state index is 11.3.